The predicted molar refractivity (Wildman–Crippen MR) is 116 cm³/mol. The fraction of sp³-hybridized carbons (Fsp3) is 0.500. The second-order valence-electron chi connectivity index (χ2n) is 9.54. The number of aromatic nitrogens is 1. The number of halogens is 3. The van der Waals surface area contributed by atoms with Crippen LogP contribution in [-0.2, 0) is 17.6 Å². The minimum atomic E-state index is -4.62. The zero-order valence-electron chi connectivity index (χ0n) is 18.9. The monoisotopic (exact) mass is 433 g/mol. The molecule has 2 aromatic rings. The molecule has 0 radical (unpaired) electrons. The Morgan fingerprint density at radius 2 is 1.65 bits per heavy atom. The minimum absolute atomic E-state index is 0.174. The number of hydrogen-bond donors (Lipinski definition) is 1. The third kappa shape index (κ3) is 5.02. The van der Waals surface area contributed by atoms with Crippen LogP contribution in [0.3, 0.4) is 0 Å². The van der Waals surface area contributed by atoms with Gasteiger partial charge in [-0.25, -0.2) is 0 Å². The van der Waals surface area contributed by atoms with Gasteiger partial charge in [0.1, 0.15) is 0 Å². The molecular weight excluding hydrogens is 403 g/mol. The Bertz CT molecular complexity index is 931. The molecule has 1 unspecified atom stereocenters. The van der Waals surface area contributed by atoms with Crippen LogP contribution in [0.1, 0.15) is 54.8 Å². The lowest BCUT2D eigenvalue weighted by Gasteiger charge is -2.33. The van der Waals surface area contributed by atoms with E-state index in [-0.39, 0.29) is 11.7 Å². The average Bonchev–Trinajstić information content (AvgIpc) is 3.02. The fourth-order valence-electron chi connectivity index (χ4n) is 4.14. The quantitative estimate of drug-likeness (QED) is 0.704. The second kappa shape index (κ2) is 8.17. The summed E-state index contributed by atoms with van der Waals surface area (Å²) < 4.78 is 41.4. The van der Waals surface area contributed by atoms with Gasteiger partial charge < -0.3 is 10.2 Å². The summed E-state index contributed by atoms with van der Waals surface area (Å²) in [4.78, 5) is 17.3. The maximum absolute atomic E-state index is 13.8. The smallest absolute Gasteiger partial charge is 0.380 e. The lowest BCUT2D eigenvalue weighted by molar-refractivity contribution is -0.192. The van der Waals surface area contributed by atoms with Gasteiger partial charge in [0.25, 0.3) is 0 Å². The standard InChI is InChI=1S/C24H30F3N3O/c1-14-9-16-11-19(12-17(16)10-15(14)2)29-18-7-8-20(28-13-18)21(24(25,26)27)30(6)22(31)23(3,4)5/h7-10,13,19,21,29H,11-12H2,1-6H3. The molecule has 1 heterocycles. The van der Waals surface area contributed by atoms with Gasteiger partial charge in [0.15, 0.2) is 6.04 Å². The van der Waals surface area contributed by atoms with Crippen molar-refractivity contribution in [3.05, 3.63) is 58.4 Å². The van der Waals surface area contributed by atoms with Crippen molar-refractivity contribution < 1.29 is 18.0 Å². The van der Waals surface area contributed by atoms with Crippen molar-refractivity contribution in [2.45, 2.75) is 65.7 Å². The number of pyridine rings is 1. The molecule has 0 spiro atoms. The van der Waals surface area contributed by atoms with Crippen molar-refractivity contribution in [2.75, 3.05) is 12.4 Å². The maximum atomic E-state index is 13.8. The number of fused-ring (bicyclic) bond motifs is 1. The first-order chi connectivity index (χ1) is 14.3. The van der Waals surface area contributed by atoms with Gasteiger partial charge in [-0.15, -0.1) is 0 Å². The van der Waals surface area contributed by atoms with Crippen LogP contribution in [0, 0.1) is 19.3 Å². The van der Waals surface area contributed by atoms with Gasteiger partial charge in [0.05, 0.1) is 17.6 Å². The minimum Gasteiger partial charge on any atom is -0.380 e. The van der Waals surface area contributed by atoms with E-state index in [0.717, 1.165) is 17.7 Å². The molecule has 1 atom stereocenters. The van der Waals surface area contributed by atoms with Crippen LogP contribution >= 0.6 is 0 Å². The highest BCUT2D eigenvalue weighted by molar-refractivity contribution is 5.81. The van der Waals surface area contributed by atoms with Gasteiger partial charge >= 0.3 is 6.18 Å². The molecular formula is C24H30F3N3O. The maximum Gasteiger partial charge on any atom is 0.414 e. The molecule has 0 aliphatic heterocycles. The topological polar surface area (TPSA) is 45.2 Å². The summed E-state index contributed by atoms with van der Waals surface area (Å²) in [5.41, 5.74) is 4.69. The number of carbonyl (C=O) groups excluding carboxylic acids is 1. The molecule has 1 amide bonds. The Hall–Kier alpha value is -2.57. The van der Waals surface area contributed by atoms with Crippen LogP contribution in [-0.4, -0.2) is 35.1 Å². The van der Waals surface area contributed by atoms with E-state index in [4.69, 9.17) is 0 Å². The van der Waals surface area contributed by atoms with E-state index in [1.807, 2.05) is 0 Å². The van der Waals surface area contributed by atoms with Crippen LogP contribution in [0.5, 0.6) is 0 Å². The van der Waals surface area contributed by atoms with Crippen LogP contribution in [0.4, 0.5) is 18.9 Å². The molecule has 1 aliphatic carbocycles. The molecule has 0 saturated heterocycles. The Morgan fingerprint density at radius 1 is 1.10 bits per heavy atom. The number of hydrogen-bond acceptors (Lipinski definition) is 3. The number of carbonyl (C=O) groups is 1. The zero-order chi connectivity index (χ0) is 23.1. The Morgan fingerprint density at radius 3 is 2.06 bits per heavy atom. The highest BCUT2D eigenvalue weighted by Crippen LogP contribution is 2.38. The number of benzene rings is 1. The first kappa shape index (κ1) is 23.1. The van der Waals surface area contributed by atoms with Crippen LogP contribution < -0.4 is 5.32 Å². The summed E-state index contributed by atoms with van der Waals surface area (Å²) >= 11 is 0. The Labute approximate surface area is 181 Å². The Kier molecular flexibility index (Phi) is 6.09. The van der Waals surface area contributed by atoms with Gasteiger partial charge in [-0.2, -0.15) is 13.2 Å². The average molecular weight is 434 g/mol. The molecule has 1 aromatic heterocycles. The summed E-state index contributed by atoms with van der Waals surface area (Å²) in [5.74, 6) is -0.590. The lowest BCUT2D eigenvalue weighted by atomic mass is 9.93. The number of anilines is 1. The van der Waals surface area contributed by atoms with Gasteiger partial charge in [-0.05, 0) is 61.1 Å². The fourth-order valence-corrected chi connectivity index (χ4v) is 4.14. The summed E-state index contributed by atoms with van der Waals surface area (Å²) in [6, 6.07) is 5.47. The first-order valence-electron chi connectivity index (χ1n) is 10.4. The molecule has 1 aromatic carbocycles. The lowest BCUT2D eigenvalue weighted by Crippen LogP contribution is -2.44. The first-order valence-corrected chi connectivity index (χ1v) is 10.4. The van der Waals surface area contributed by atoms with E-state index in [1.54, 1.807) is 26.8 Å². The van der Waals surface area contributed by atoms with Gasteiger partial charge in [0.2, 0.25) is 5.91 Å². The summed E-state index contributed by atoms with van der Waals surface area (Å²) in [7, 11) is 1.18. The molecule has 0 saturated carbocycles. The molecule has 0 bridgehead atoms. The van der Waals surface area contributed by atoms with Crippen molar-refractivity contribution in [2.24, 2.45) is 5.41 Å². The van der Waals surface area contributed by atoms with Gasteiger partial charge in [-0.3, -0.25) is 9.78 Å². The van der Waals surface area contributed by atoms with Crippen molar-refractivity contribution in [3.63, 3.8) is 0 Å². The number of rotatable bonds is 4. The van der Waals surface area contributed by atoms with Gasteiger partial charge in [0, 0.05) is 18.5 Å². The number of aryl methyl sites for hydroxylation is 2. The van der Waals surface area contributed by atoms with E-state index in [0.29, 0.717) is 5.69 Å². The molecule has 4 nitrogen and oxygen atoms in total. The van der Waals surface area contributed by atoms with Gasteiger partial charge in [-0.1, -0.05) is 32.9 Å². The highest BCUT2D eigenvalue weighted by atomic mass is 19.4. The predicted octanol–water partition coefficient (Wildman–Crippen LogP) is 5.39. The number of amides is 1. The van der Waals surface area contributed by atoms with Crippen LogP contribution in [0.2, 0.25) is 0 Å². The van der Waals surface area contributed by atoms with Crippen LogP contribution in [0.25, 0.3) is 0 Å². The van der Waals surface area contributed by atoms with E-state index in [9.17, 15) is 18.0 Å². The normalized spacial score (nSPS) is 15.5. The third-order valence-electron chi connectivity index (χ3n) is 5.85. The molecule has 7 heteroatoms. The second-order valence-corrected chi connectivity index (χ2v) is 9.54. The third-order valence-corrected chi connectivity index (χ3v) is 5.85. The van der Waals surface area contributed by atoms with E-state index >= 15 is 0 Å². The van der Waals surface area contributed by atoms with Crippen molar-refractivity contribution in [3.8, 4) is 0 Å². The van der Waals surface area contributed by atoms with E-state index in [1.165, 1.54) is 41.6 Å². The molecule has 3 rings (SSSR count). The molecule has 31 heavy (non-hydrogen) atoms. The molecule has 0 fully saturated rings. The van der Waals surface area contributed by atoms with Crippen molar-refractivity contribution in [1.82, 2.24) is 9.88 Å². The van der Waals surface area contributed by atoms with Crippen molar-refractivity contribution >= 4 is 11.6 Å². The molecule has 1 aliphatic rings. The SMILES string of the molecule is Cc1cc2c(cc1C)CC(Nc1ccc(C(N(C)C(=O)C(C)(C)C)C(F)(F)F)nc1)C2. The summed E-state index contributed by atoms with van der Waals surface area (Å²) in [6.45, 7) is 8.99. The van der Waals surface area contributed by atoms with Crippen LogP contribution in [0.15, 0.2) is 30.5 Å². The van der Waals surface area contributed by atoms with E-state index in [2.05, 4.69) is 36.3 Å². The van der Waals surface area contributed by atoms with Crippen molar-refractivity contribution in [1.29, 1.82) is 0 Å². The summed E-state index contributed by atoms with van der Waals surface area (Å²) in [5, 5.41) is 3.38. The largest absolute Gasteiger partial charge is 0.414 e. The number of nitrogens with zero attached hydrogens (tertiary/aromatic N) is 2. The highest BCUT2D eigenvalue weighted by Gasteiger charge is 2.47. The molecule has 1 N–H and O–H groups in total. The zero-order valence-corrected chi connectivity index (χ0v) is 18.9. The number of nitrogens with one attached hydrogen (secondary N) is 1. The summed E-state index contributed by atoms with van der Waals surface area (Å²) in [6.07, 6.45) is -1.47. The number of alkyl halides is 3. The van der Waals surface area contributed by atoms with E-state index < -0.39 is 23.5 Å². The molecule has 168 valence electrons. The Balaban J connectivity index is 1.76.